The van der Waals surface area contributed by atoms with E-state index in [1.54, 1.807) is 11.3 Å². The van der Waals surface area contributed by atoms with Crippen molar-refractivity contribution in [2.24, 2.45) is 0 Å². The maximum absolute atomic E-state index is 6.24. The number of rotatable bonds is 5. The largest absolute Gasteiger partial charge is 0.460 e. The summed E-state index contributed by atoms with van der Waals surface area (Å²) in [7, 11) is 0. The Bertz CT molecular complexity index is 724. The lowest BCUT2D eigenvalue weighted by atomic mass is 10.2. The summed E-state index contributed by atoms with van der Waals surface area (Å²) in [5.74, 6) is 1.70. The molecule has 108 valence electrons. The molecule has 0 aliphatic heterocycles. The fraction of sp³-hybridized carbons (Fsp3) is 0.125. The van der Waals surface area contributed by atoms with Crippen molar-refractivity contribution in [1.82, 2.24) is 5.32 Å². The molecule has 2 nitrogen and oxygen atoms in total. The van der Waals surface area contributed by atoms with Crippen molar-refractivity contribution < 1.29 is 4.42 Å². The second kappa shape index (κ2) is 6.79. The molecule has 0 bridgehead atoms. The number of hydrogen-bond donors (Lipinski definition) is 1. The van der Waals surface area contributed by atoms with Gasteiger partial charge in [-0.3, -0.25) is 0 Å². The highest BCUT2D eigenvalue weighted by Gasteiger charge is 2.09. The van der Waals surface area contributed by atoms with E-state index in [2.05, 4.69) is 38.8 Å². The monoisotopic (exact) mass is 381 g/mol. The lowest BCUT2D eigenvalue weighted by molar-refractivity contribution is 0.494. The summed E-state index contributed by atoms with van der Waals surface area (Å²) >= 11 is 11.4. The fourth-order valence-electron chi connectivity index (χ4n) is 2.03. The Balaban J connectivity index is 1.65. The van der Waals surface area contributed by atoms with Crippen LogP contribution in [0.15, 0.2) is 56.7 Å². The van der Waals surface area contributed by atoms with Crippen molar-refractivity contribution in [3.63, 3.8) is 0 Å². The van der Waals surface area contributed by atoms with Gasteiger partial charge >= 0.3 is 0 Å². The van der Waals surface area contributed by atoms with Crippen LogP contribution >= 0.6 is 38.9 Å². The van der Waals surface area contributed by atoms with Crippen molar-refractivity contribution in [2.75, 3.05) is 0 Å². The predicted molar refractivity (Wildman–Crippen MR) is 91.7 cm³/mol. The molecule has 0 aliphatic rings. The number of hydrogen-bond acceptors (Lipinski definition) is 3. The summed E-state index contributed by atoms with van der Waals surface area (Å²) in [6, 6.07) is 13.9. The average Bonchev–Trinajstić information content (AvgIpc) is 3.10. The van der Waals surface area contributed by atoms with Gasteiger partial charge in [-0.15, -0.1) is 11.3 Å². The zero-order valence-electron chi connectivity index (χ0n) is 11.1. The first kappa shape index (κ1) is 14.9. The van der Waals surface area contributed by atoms with Crippen LogP contribution in [0.2, 0.25) is 5.02 Å². The SMILES string of the molecule is Clc1cc(Br)ccc1-c1ccc(CNCc2cccs2)o1. The van der Waals surface area contributed by atoms with Gasteiger partial charge in [-0.2, -0.15) is 0 Å². The first-order valence-electron chi connectivity index (χ1n) is 6.49. The van der Waals surface area contributed by atoms with E-state index < -0.39 is 0 Å². The first-order valence-corrected chi connectivity index (χ1v) is 8.54. The molecule has 3 aromatic rings. The Kier molecular flexibility index (Phi) is 4.80. The molecular weight excluding hydrogens is 370 g/mol. The highest BCUT2D eigenvalue weighted by molar-refractivity contribution is 9.10. The Morgan fingerprint density at radius 3 is 2.81 bits per heavy atom. The van der Waals surface area contributed by atoms with Gasteiger partial charge in [0.25, 0.3) is 0 Å². The molecule has 0 amide bonds. The van der Waals surface area contributed by atoms with E-state index in [1.807, 2.05) is 30.3 Å². The van der Waals surface area contributed by atoms with E-state index in [1.165, 1.54) is 4.88 Å². The molecule has 5 heteroatoms. The molecule has 2 aromatic heterocycles. The van der Waals surface area contributed by atoms with Crippen LogP contribution < -0.4 is 5.32 Å². The molecule has 0 aliphatic carbocycles. The van der Waals surface area contributed by atoms with Crippen molar-refractivity contribution in [1.29, 1.82) is 0 Å². The minimum absolute atomic E-state index is 0.678. The molecule has 0 saturated heterocycles. The summed E-state index contributed by atoms with van der Waals surface area (Å²) in [5, 5.41) is 6.13. The quantitative estimate of drug-likeness (QED) is 0.611. The topological polar surface area (TPSA) is 25.2 Å². The molecule has 2 heterocycles. The third kappa shape index (κ3) is 3.77. The Morgan fingerprint density at radius 1 is 1.14 bits per heavy atom. The third-order valence-electron chi connectivity index (χ3n) is 3.04. The Morgan fingerprint density at radius 2 is 2.05 bits per heavy atom. The summed E-state index contributed by atoms with van der Waals surface area (Å²) in [6.45, 7) is 1.55. The number of thiophene rings is 1. The second-order valence-electron chi connectivity index (χ2n) is 4.57. The summed E-state index contributed by atoms with van der Waals surface area (Å²) in [6.07, 6.45) is 0. The molecule has 3 rings (SSSR count). The zero-order valence-corrected chi connectivity index (χ0v) is 14.3. The molecule has 0 fully saturated rings. The highest BCUT2D eigenvalue weighted by atomic mass is 79.9. The van der Waals surface area contributed by atoms with E-state index in [0.29, 0.717) is 11.6 Å². The molecule has 0 atom stereocenters. The fourth-order valence-corrected chi connectivity index (χ4v) is 3.47. The molecule has 0 radical (unpaired) electrons. The van der Waals surface area contributed by atoms with Crippen LogP contribution in [-0.2, 0) is 13.1 Å². The van der Waals surface area contributed by atoms with Crippen LogP contribution in [-0.4, -0.2) is 0 Å². The maximum atomic E-state index is 6.24. The number of furan rings is 1. The zero-order chi connectivity index (χ0) is 14.7. The van der Waals surface area contributed by atoms with Gasteiger partial charge in [0.15, 0.2) is 0 Å². The molecule has 0 saturated carbocycles. The van der Waals surface area contributed by atoms with E-state index in [0.717, 1.165) is 28.1 Å². The molecule has 0 unspecified atom stereocenters. The van der Waals surface area contributed by atoms with Gasteiger partial charge in [0.1, 0.15) is 11.5 Å². The molecular formula is C16H13BrClNOS. The van der Waals surface area contributed by atoms with Gasteiger partial charge in [0, 0.05) is 21.5 Å². The van der Waals surface area contributed by atoms with Gasteiger partial charge in [0.2, 0.25) is 0 Å². The van der Waals surface area contributed by atoms with Crippen molar-refractivity contribution in [3.05, 3.63) is 68.0 Å². The minimum Gasteiger partial charge on any atom is -0.460 e. The number of nitrogens with one attached hydrogen (secondary N) is 1. The van der Waals surface area contributed by atoms with Crippen LogP contribution in [0.4, 0.5) is 0 Å². The summed E-state index contributed by atoms with van der Waals surface area (Å²) in [4.78, 5) is 1.32. The number of halogens is 2. The van der Waals surface area contributed by atoms with Crippen LogP contribution in [0.25, 0.3) is 11.3 Å². The number of benzene rings is 1. The Hall–Kier alpha value is -1.07. The van der Waals surface area contributed by atoms with Crippen LogP contribution in [0.1, 0.15) is 10.6 Å². The maximum Gasteiger partial charge on any atom is 0.135 e. The van der Waals surface area contributed by atoms with E-state index >= 15 is 0 Å². The minimum atomic E-state index is 0.678. The van der Waals surface area contributed by atoms with Crippen LogP contribution in [0, 0.1) is 0 Å². The molecule has 0 spiro atoms. The Labute approximate surface area is 140 Å². The van der Waals surface area contributed by atoms with Gasteiger partial charge < -0.3 is 9.73 Å². The van der Waals surface area contributed by atoms with Crippen molar-refractivity contribution in [2.45, 2.75) is 13.1 Å². The van der Waals surface area contributed by atoms with Crippen LogP contribution in [0.3, 0.4) is 0 Å². The second-order valence-corrected chi connectivity index (χ2v) is 6.93. The van der Waals surface area contributed by atoms with Gasteiger partial charge in [0.05, 0.1) is 11.6 Å². The standard InChI is InChI=1S/C16H13BrClNOS/c17-11-3-5-14(15(18)8-11)16-6-4-12(20-16)9-19-10-13-2-1-7-21-13/h1-8,19H,9-10H2. The van der Waals surface area contributed by atoms with Crippen molar-refractivity contribution >= 4 is 38.9 Å². The van der Waals surface area contributed by atoms with E-state index in [-0.39, 0.29) is 0 Å². The predicted octanol–water partition coefficient (Wildman–Crippen LogP) is 5.71. The highest BCUT2D eigenvalue weighted by Crippen LogP contribution is 2.31. The molecule has 21 heavy (non-hydrogen) atoms. The third-order valence-corrected chi connectivity index (χ3v) is 4.72. The average molecular weight is 383 g/mol. The first-order chi connectivity index (χ1) is 10.2. The van der Waals surface area contributed by atoms with E-state index in [9.17, 15) is 0 Å². The normalized spacial score (nSPS) is 11.0. The molecule has 1 aromatic carbocycles. The lowest BCUT2D eigenvalue weighted by Gasteiger charge is -2.02. The summed E-state index contributed by atoms with van der Waals surface area (Å²) in [5.41, 5.74) is 0.907. The molecule has 1 N–H and O–H groups in total. The van der Waals surface area contributed by atoms with Gasteiger partial charge in [-0.25, -0.2) is 0 Å². The van der Waals surface area contributed by atoms with Crippen molar-refractivity contribution in [3.8, 4) is 11.3 Å². The lowest BCUT2D eigenvalue weighted by Crippen LogP contribution is -2.10. The smallest absolute Gasteiger partial charge is 0.135 e. The van der Waals surface area contributed by atoms with Gasteiger partial charge in [-0.05, 0) is 41.8 Å². The van der Waals surface area contributed by atoms with Crippen LogP contribution in [0.5, 0.6) is 0 Å². The summed E-state index contributed by atoms with van der Waals surface area (Å²) < 4.78 is 6.81. The van der Waals surface area contributed by atoms with E-state index in [4.69, 9.17) is 16.0 Å². The van der Waals surface area contributed by atoms with Gasteiger partial charge in [-0.1, -0.05) is 33.6 Å².